The summed E-state index contributed by atoms with van der Waals surface area (Å²) in [7, 11) is -3.48. The van der Waals surface area contributed by atoms with Crippen LogP contribution < -0.4 is 5.32 Å². The van der Waals surface area contributed by atoms with Crippen LogP contribution in [0.4, 0.5) is 0 Å². The predicted octanol–water partition coefficient (Wildman–Crippen LogP) is 1.04. The Bertz CT molecular complexity index is 713. The second-order valence-corrected chi connectivity index (χ2v) is 9.03. The van der Waals surface area contributed by atoms with Crippen LogP contribution in [-0.2, 0) is 14.8 Å². The third kappa shape index (κ3) is 3.48. The predicted molar refractivity (Wildman–Crippen MR) is 90.6 cm³/mol. The van der Waals surface area contributed by atoms with Gasteiger partial charge < -0.3 is 10.4 Å². The molecular weight excluding hydrogens is 328 g/mol. The fraction of sp³-hybridized carbons (Fsp3) is 0.588. The zero-order valence-corrected chi connectivity index (χ0v) is 14.8. The summed E-state index contributed by atoms with van der Waals surface area (Å²) in [5.41, 5.74) is -0.407. The van der Waals surface area contributed by atoms with E-state index in [1.165, 1.54) is 10.6 Å². The fourth-order valence-electron chi connectivity index (χ4n) is 3.37. The van der Waals surface area contributed by atoms with Crippen molar-refractivity contribution in [2.24, 2.45) is 5.92 Å². The maximum Gasteiger partial charge on any atom is 0.223 e. The van der Waals surface area contributed by atoms with Crippen LogP contribution in [0.2, 0.25) is 0 Å². The summed E-state index contributed by atoms with van der Waals surface area (Å²) in [5.74, 6) is -0.109. The largest absolute Gasteiger partial charge is 0.388 e. The summed E-state index contributed by atoms with van der Waals surface area (Å²) in [5, 5.41) is 13.8. The lowest BCUT2D eigenvalue weighted by molar-refractivity contribution is -0.128. The van der Waals surface area contributed by atoms with Crippen LogP contribution in [0, 0.1) is 5.92 Å². The minimum absolute atomic E-state index is 0.00849. The van der Waals surface area contributed by atoms with Gasteiger partial charge in [0.25, 0.3) is 0 Å². The molecule has 6 nitrogen and oxygen atoms in total. The van der Waals surface area contributed by atoms with Crippen molar-refractivity contribution in [1.29, 1.82) is 0 Å². The lowest BCUT2D eigenvalue weighted by Gasteiger charge is -2.48. The van der Waals surface area contributed by atoms with Crippen molar-refractivity contribution in [2.45, 2.75) is 43.9 Å². The molecule has 2 aliphatic rings. The number of nitrogens with zero attached hydrogens (tertiary/aromatic N) is 1. The van der Waals surface area contributed by atoms with Gasteiger partial charge in [-0.25, -0.2) is 8.42 Å². The second-order valence-electron chi connectivity index (χ2n) is 7.10. The first-order valence-electron chi connectivity index (χ1n) is 8.25. The topological polar surface area (TPSA) is 86.7 Å². The van der Waals surface area contributed by atoms with Crippen molar-refractivity contribution in [3.63, 3.8) is 0 Å². The first-order chi connectivity index (χ1) is 11.2. The van der Waals surface area contributed by atoms with E-state index in [4.69, 9.17) is 0 Å². The number of amides is 1. The molecule has 132 valence electrons. The van der Waals surface area contributed by atoms with E-state index in [1.54, 1.807) is 6.92 Å². The van der Waals surface area contributed by atoms with E-state index in [0.29, 0.717) is 0 Å². The molecule has 0 radical (unpaired) electrons. The van der Waals surface area contributed by atoms with Gasteiger partial charge in [0, 0.05) is 12.5 Å². The van der Waals surface area contributed by atoms with Crippen molar-refractivity contribution in [1.82, 2.24) is 9.62 Å². The summed E-state index contributed by atoms with van der Waals surface area (Å²) >= 11 is 0. The highest BCUT2D eigenvalue weighted by Gasteiger charge is 2.49. The van der Waals surface area contributed by atoms with Crippen LogP contribution in [0.15, 0.2) is 30.3 Å². The number of carbonyl (C=O) groups excluding carboxylic acids is 1. The normalized spacial score (nSPS) is 31.6. The monoisotopic (exact) mass is 352 g/mol. The van der Waals surface area contributed by atoms with Gasteiger partial charge in [-0.05, 0) is 31.7 Å². The first kappa shape index (κ1) is 17.4. The standard InChI is InChI=1S/C17H24N2O4S/c1-17(21)10-11-19(24(2,22)23)14(12-6-4-3-5-7-12)15(17)18-16(20)13-8-9-13/h3-7,13-15,21H,8-11H2,1-2H3,(H,18,20)/t14-,15-,17+/m0/s1. The van der Waals surface area contributed by atoms with E-state index in [2.05, 4.69) is 5.32 Å². The molecule has 3 atom stereocenters. The molecule has 1 saturated heterocycles. The average Bonchev–Trinajstić information content (AvgIpc) is 3.33. The Morgan fingerprint density at radius 3 is 2.46 bits per heavy atom. The smallest absolute Gasteiger partial charge is 0.223 e. The fourth-order valence-corrected chi connectivity index (χ4v) is 4.45. The van der Waals surface area contributed by atoms with Crippen LogP contribution >= 0.6 is 0 Å². The number of piperidine rings is 1. The number of nitrogens with one attached hydrogen (secondary N) is 1. The minimum Gasteiger partial charge on any atom is -0.388 e. The van der Waals surface area contributed by atoms with Crippen LogP contribution in [0.3, 0.4) is 0 Å². The SMILES string of the molecule is C[C@@]1(O)CCN(S(C)(=O)=O)[C@@H](c2ccccc2)[C@@H]1NC(=O)C1CC1. The highest BCUT2D eigenvalue weighted by molar-refractivity contribution is 7.88. The van der Waals surface area contributed by atoms with Crippen LogP contribution in [0.5, 0.6) is 0 Å². The molecule has 1 aliphatic heterocycles. The van der Waals surface area contributed by atoms with Crippen molar-refractivity contribution in [2.75, 3.05) is 12.8 Å². The van der Waals surface area contributed by atoms with Gasteiger partial charge in [0.1, 0.15) is 0 Å². The number of benzene rings is 1. The third-order valence-corrected chi connectivity index (χ3v) is 6.21. The molecule has 3 rings (SSSR count). The molecule has 1 aromatic carbocycles. The summed E-state index contributed by atoms with van der Waals surface area (Å²) in [6.07, 6.45) is 3.15. The second kappa shape index (κ2) is 6.13. The summed E-state index contributed by atoms with van der Waals surface area (Å²) < 4.78 is 26.0. The van der Waals surface area contributed by atoms with E-state index in [0.717, 1.165) is 18.4 Å². The number of hydrogen-bond donors (Lipinski definition) is 2. The van der Waals surface area contributed by atoms with Crippen LogP contribution in [-0.4, -0.2) is 48.2 Å². The van der Waals surface area contributed by atoms with Gasteiger partial charge in [0.2, 0.25) is 15.9 Å². The lowest BCUT2D eigenvalue weighted by atomic mass is 9.81. The van der Waals surface area contributed by atoms with Crippen molar-refractivity contribution >= 4 is 15.9 Å². The number of rotatable bonds is 4. The molecule has 0 bridgehead atoms. The highest BCUT2D eigenvalue weighted by Crippen LogP contribution is 2.39. The molecule has 0 aromatic heterocycles. The molecule has 2 N–H and O–H groups in total. The van der Waals surface area contributed by atoms with Gasteiger partial charge in [0.05, 0.1) is 23.9 Å². The Morgan fingerprint density at radius 1 is 1.29 bits per heavy atom. The Balaban J connectivity index is 2.01. The number of carbonyl (C=O) groups is 1. The quantitative estimate of drug-likeness (QED) is 0.848. The maximum atomic E-state index is 12.3. The van der Waals surface area contributed by atoms with Crippen molar-refractivity contribution in [3.05, 3.63) is 35.9 Å². The van der Waals surface area contributed by atoms with Crippen LogP contribution in [0.25, 0.3) is 0 Å². The number of hydrogen-bond acceptors (Lipinski definition) is 4. The summed E-state index contributed by atoms with van der Waals surface area (Å²) in [6, 6.07) is 7.88. The Labute approximate surface area is 142 Å². The molecule has 0 unspecified atom stereocenters. The summed E-state index contributed by atoms with van der Waals surface area (Å²) in [6.45, 7) is 1.89. The Kier molecular flexibility index (Phi) is 4.44. The van der Waals surface area contributed by atoms with E-state index < -0.39 is 27.7 Å². The van der Waals surface area contributed by atoms with E-state index in [-0.39, 0.29) is 24.8 Å². The van der Waals surface area contributed by atoms with Crippen LogP contribution in [0.1, 0.15) is 37.8 Å². The van der Waals surface area contributed by atoms with Gasteiger partial charge in [-0.15, -0.1) is 0 Å². The number of aliphatic hydroxyl groups is 1. The zero-order valence-electron chi connectivity index (χ0n) is 14.0. The minimum atomic E-state index is -3.48. The molecule has 1 aliphatic carbocycles. The van der Waals surface area contributed by atoms with Gasteiger partial charge in [-0.3, -0.25) is 4.79 Å². The molecule has 1 amide bonds. The molecule has 7 heteroatoms. The van der Waals surface area contributed by atoms with Crippen molar-refractivity contribution < 1.29 is 18.3 Å². The lowest BCUT2D eigenvalue weighted by Crippen LogP contribution is -2.63. The van der Waals surface area contributed by atoms with Gasteiger partial charge in [-0.2, -0.15) is 4.31 Å². The molecule has 1 heterocycles. The van der Waals surface area contributed by atoms with Gasteiger partial charge in [-0.1, -0.05) is 30.3 Å². The average molecular weight is 352 g/mol. The molecule has 0 spiro atoms. The van der Waals surface area contributed by atoms with Crippen molar-refractivity contribution in [3.8, 4) is 0 Å². The van der Waals surface area contributed by atoms with Gasteiger partial charge in [0.15, 0.2) is 0 Å². The van der Waals surface area contributed by atoms with E-state index in [9.17, 15) is 18.3 Å². The van der Waals surface area contributed by atoms with E-state index in [1.807, 2.05) is 30.3 Å². The highest BCUT2D eigenvalue weighted by atomic mass is 32.2. The third-order valence-electron chi connectivity index (χ3n) is 4.95. The Hall–Kier alpha value is -1.44. The van der Waals surface area contributed by atoms with E-state index >= 15 is 0 Å². The zero-order chi connectivity index (χ0) is 17.5. The Morgan fingerprint density at radius 2 is 1.92 bits per heavy atom. The summed E-state index contributed by atoms with van der Waals surface area (Å²) in [4.78, 5) is 12.3. The van der Waals surface area contributed by atoms with Gasteiger partial charge >= 0.3 is 0 Å². The molecule has 24 heavy (non-hydrogen) atoms. The first-order valence-corrected chi connectivity index (χ1v) is 10.1. The molecular formula is C17H24N2O4S. The molecule has 1 saturated carbocycles. The number of sulfonamides is 1. The molecule has 2 fully saturated rings. The molecule has 1 aromatic rings. The maximum absolute atomic E-state index is 12.3.